The Bertz CT molecular complexity index is 1330. The molecule has 2 aromatic carbocycles. The van der Waals surface area contributed by atoms with E-state index in [-0.39, 0.29) is 18.0 Å². The van der Waals surface area contributed by atoms with Crippen LogP contribution < -0.4 is 15.5 Å². The Balaban J connectivity index is 1.62. The number of aryl methyl sites for hydroxylation is 1. The highest BCUT2D eigenvalue weighted by molar-refractivity contribution is 7.80. The second-order valence-corrected chi connectivity index (χ2v) is 8.75. The van der Waals surface area contributed by atoms with Crippen LogP contribution >= 0.6 is 12.2 Å². The summed E-state index contributed by atoms with van der Waals surface area (Å²) in [6, 6.07) is 26.1. The smallest absolute Gasteiger partial charge is 0.221 e. The number of rotatable bonds is 5. The Morgan fingerprint density at radius 3 is 2.53 bits per heavy atom. The Morgan fingerprint density at radius 1 is 1.00 bits per heavy atom. The van der Waals surface area contributed by atoms with Crippen LogP contribution in [0.4, 0.5) is 11.4 Å². The Hall–Kier alpha value is -3.97. The van der Waals surface area contributed by atoms with Gasteiger partial charge in [-0.2, -0.15) is 0 Å². The molecule has 170 valence electrons. The molecule has 2 aromatic heterocycles. The highest BCUT2D eigenvalue weighted by atomic mass is 32.1. The number of hydrogen-bond donors (Lipinski definition) is 2. The summed E-state index contributed by atoms with van der Waals surface area (Å²) in [5.74, 6) is -0.102. The summed E-state index contributed by atoms with van der Waals surface area (Å²) in [6.07, 6.45) is 3.89. The van der Waals surface area contributed by atoms with Crippen molar-refractivity contribution in [3.8, 4) is 5.69 Å². The second kappa shape index (κ2) is 9.11. The number of pyridine rings is 1. The summed E-state index contributed by atoms with van der Waals surface area (Å²) < 4.78 is 2.21. The Kier molecular flexibility index (Phi) is 5.86. The van der Waals surface area contributed by atoms with Crippen molar-refractivity contribution in [2.45, 2.75) is 25.9 Å². The standard InChI is InChI=1S/C27H25N5OS/c1-18-7-5-8-22(17-18)31-16-6-10-24(31)26-25(23-9-3-4-15-28-23)30-27(34)32(26)21-13-11-20(12-14-21)29-19(2)33/h3-17,25-26H,1-2H3,(H,29,33)(H,30,34)/t25-,26-/m1/s1. The fourth-order valence-corrected chi connectivity index (χ4v) is 4.84. The van der Waals surface area contributed by atoms with Crippen LogP contribution in [-0.2, 0) is 4.79 Å². The molecule has 0 saturated carbocycles. The van der Waals surface area contributed by atoms with Gasteiger partial charge in [0.2, 0.25) is 5.91 Å². The first-order valence-corrected chi connectivity index (χ1v) is 11.5. The van der Waals surface area contributed by atoms with E-state index in [2.05, 4.69) is 74.6 Å². The van der Waals surface area contributed by atoms with Crippen LogP contribution in [0.25, 0.3) is 5.69 Å². The summed E-state index contributed by atoms with van der Waals surface area (Å²) in [5.41, 5.74) is 5.99. The third-order valence-electron chi connectivity index (χ3n) is 5.93. The number of benzene rings is 2. The molecule has 0 bridgehead atoms. The van der Waals surface area contributed by atoms with Crippen LogP contribution in [0.15, 0.2) is 91.3 Å². The lowest BCUT2D eigenvalue weighted by molar-refractivity contribution is -0.114. The van der Waals surface area contributed by atoms with Crippen molar-refractivity contribution in [3.63, 3.8) is 0 Å². The minimum atomic E-state index is -0.137. The molecule has 7 heteroatoms. The number of hydrogen-bond acceptors (Lipinski definition) is 3. The van der Waals surface area contributed by atoms with Crippen LogP contribution in [0.3, 0.4) is 0 Å². The van der Waals surface area contributed by atoms with Gasteiger partial charge in [0.05, 0.1) is 11.7 Å². The molecule has 6 nitrogen and oxygen atoms in total. The average molecular weight is 468 g/mol. The molecular formula is C27H25N5OS. The molecule has 1 amide bonds. The largest absolute Gasteiger partial charge is 0.351 e. The molecule has 2 atom stereocenters. The summed E-state index contributed by atoms with van der Waals surface area (Å²) in [4.78, 5) is 18.2. The third-order valence-corrected chi connectivity index (χ3v) is 6.24. The first kappa shape index (κ1) is 21.9. The summed E-state index contributed by atoms with van der Waals surface area (Å²) in [5, 5.41) is 6.96. The number of carbonyl (C=O) groups is 1. The fraction of sp³-hybridized carbons (Fsp3) is 0.148. The van der Waals surface area contributed by atoms with Crippen LogP contribution in [0.2, 0.25) is 0 Å². The first-order valence-electron chi connectivity index (χ1n) is 11.1. The molecule has 3 heterocycles. The lowest BCUT2D eigenvalue weighted by Gasteiger charge is -2.29. The number of thiocarbonyl (C=S) groups is 1. The van der Waals surface area contributed by atoms with E-state index >= 15 is 0 Å². The van der Waals surface area contributed by atoms with Crippen molar-refractivity contribution in [1.29, 1.82) is 0 Å². The van der Waals surface area contributed by atoms with Crippen molar-refractivity contribution in [2.75, 3.05) is 10.2 Å². The molecule has 1 aliphatic rings. The number of carbonyl (C=O) groups excluding carboxylic acids is 1. The molecular weight excluding hydrogens is 442 g/mol. The first-order chi connectivity index (χ1) is 16.5. The van der Waals surface area contributed by atoms with E-state index in [1.807, 2.05) is 48.7 Å². The minimum absolute atomic E-state index is 0.102. The van der Waals surface area contributed by atoms with Crippen molar-refractivity contribution >= 4 is 34.6 Å². The van der Waals surface area contributed by atoms with E-state index < -0.39 is 0 Å². The monoisotopic (exact) mass is 467 g/mol. The number of amides is 1. The molecule has 1 fully saturated rings. The van der Waals surface area contributed by atoms with Gasteiger partial charge in [-0.05, 0) is 85.4 Å². The predicted octanol–water partition coefficient (Wildman–Crippen LogP) is 5.32. The van der Waals surface area contributed by atoms with Gasteiger partial charge in [0.1, 0.15) is 6.04 Å². The number of nitrogens with one attached hydrogen (secondary N) is 2. The van der Waals surface area contributed by atoms with E-state index in [1.54, 1.807) is 0 Å². The van der Waals surface area contributed by atoms with Gasteiger partial charge in [0.25, 0.3) is 0 Å². The zero-order valence-corrected chi connectivity index (χ0v) is 19.8. The van der Waals surface area contributed by atoms with Crippen molar-refractivity contribution in [3.05, 3.63) is 108 Å². The number of anilines is 2. The van der Waals surface area contributed by atoms with Crippen LogP contribution in [0.5, 0.6) is 0 Å². The van der Waals surface area contributed by atoms with Gasteiger partial charge in [-0.3, -0.25) is 9.78 Å². The Labute approximate surface area is 204 Å². The summed E-state index contributed by atoms with van der Waals surface area (Å²) in [6.45, 7) is 3.60. The third kappa shape index (κ3) is 4.18. The second-order valence-electron chi connectivity index (χ2n) is 8.37. The van der Waals surface area contributed by atoms with E-state index in [0.717, 1.165) is 28.5 Å². The molecule has 2 N–H and O–H groups in total. The number of nitrogens with zero attached hydrogens (tertiary/aromatic N) is 3. The molecule has 4 aromatic rings. The van der Waals surface area contributed by atoms with E-state index in [4.69, 9.17) is 12.2 Å². The molecule has 1 saturated heterocycles. The van der Waals surface area contributed by atoms with Gasteiger partial charge in [-0.15, -0.1) is 0 Å². The SMILES string of the molecule is CC(=O)Nc1ccc(N2C(=S)N[C@H](c3ccccn3)[C@H]2c2cccn2-c2cccc(C)c2)cc1. The van der Waals surface area contributed by atoms with Crippen molar-refractivity contribution in [2.24, 2.45) is 0 Å². The zero-order chi connectivity index (χ0) is 23.7. The highest BCUT2D eigenvalue weighted by Crippen LogP contribution is 2.42. The summed E-state index contributed by atoms with van der Waals surface area (Å²) >= 11 is 5.84. The lowest BCUT2D eigenvalue weighted by Crippen LogP contribution is -2.30. The van der Waals surface area contributed by atoms with Gasteiger partial charge in [0.15, 0.2) is 5.11 Å². The van der Waals surface area contributed by atoms with Gasteiger partial charge >= 0.3 is 0 Å². The molecule has 5 rings (SSSR count). The van der Waals surface area contributed by atoms with Crippen LogP contribution in [-0.4, -0.2) is 20.6 Å². The molecule has 1 aliphatic heterocycles. The predicted molar refractivity (Wildman–Crippen MR) is 139 cm³/mol. The average Bonchev–Trinajstić information content (AvgIpc) is 3.44. The van der Waals surface area contributed by atoms with Gasteiger partial charge < -0.3 is 20.1 Å². The van der Waals surface area contributed by atoms with E-state index in [9.17, 15) is 4.79 Å². The maximum atomic E-state index is 11.4. The van der Waals surface area contributed by atoms with Gasteiger partial charge in [-0.1, -0.05) is 18.2 Å². The number of aromatic nitrogens is 2. The molecule has 0 radical (unpaired) electrons. The van der Waals surface area contributed by atoms with Gasteiger partial charge in [-0.25, -0.2) is 0 Å². The van der Waals surface area contributed by atoms with Crippen LogP contribution in [0.1, 0.15) is 36.0 Å². The van der Waals surface area contributed by atoms with Crippen LogP contribution in [0, 0.1) is 6.92 Å². The van der Waals surface area contributed by atoms with E-state index in [0.29, 0.717) is 5.11 Å². The Morgan fingerprint density at radius 2 is 1.82 bits per heavy atom. The minimum Gasteiger partial charge on any atom is -0.351 e. The highest BCUT2D eigenvalue weighted by Gasteiger charge is 2.42. The zero-order valence-electron chi connectivity index (χ0n) is 19.0. The molecule has 0 aliphatic carbocycles. The fourth-order valence-electron chi connectivity index (χ4n) is 4.49. The topological polar surface area (TPSA) is 62.2 Å². The normalized spacial score (nSPS) is 17.5. The lowest BCUT2D eigenvalue weighted by atomic mass is 10.0. The molecule has 0 unspecified atom stereocenters. The maximum absolute atomic E-state index is 11.4. The molecule has 0 spiro atoms. The van der Waals surface area contributed by atoms with Crippen molar-refractivity contribution < 1.29 is 4.79 Å². The van der Waals surface area contributed by atoms with Gasteiger partial charge in [0, 0.05) is 42.1 Å². The van der Waals surface area contributed by atoms with Crippen molar-refractivity contribution in [1.82, 2.24) is 14.9 Å². The summed E-state index contributed by atoms with van der Waals surface area (Å²) in [7, 11) is 0. The van der Waals surface area contributed by atoms with E-state index in [1.165, 1.54) is 12.5 Å². The maximum Gasteiger partial charge on any atom is 0.221 e. The quantitative estimate of drug-likeness (QED) is 0.389. The molecule has 34 heavy (non-hydrogen) atoms.